The van der Waals surface area contributed by atoms with Gasteiger partial charge in [-0.3, -0.25) is 10.0 Å². The van der Waals surface area contributed by atoms with Gasteiger partial charge >= 0.3 is 5.97 Å². The van der Waals surface area contributed by atoms with E-state index in [0.29, 0.717) is 18.2 Å². The van der Waals surface area contributed by atoms with Crippen LogP contribution in [-0.4, -0.2) is 60.1 Å². The second-order valence-corrected chi connectivity index (χ2v) is 6.87. The zero-order valence-corrected chi connectivity index (χ0v) is 16.4. The Morgan fingerprint density at radius 1 is 1.30 bits per heavy atom. The summed E-state index contributed by atoms with van der Waals surface area (Å²) in [5, 5.41) is 13.0. The number of amides is 1. The van der Waals surface area contributed by atoms with Crippen LogP contribution in [0.3, 0.4) is 0 Å². The molecule has 1 amide bonds. The van der Waals surface area contributed by atoms with Crippen molar-refractivity contribution in [1.29, 1.82) is 0 Å². The molecule has 7 nitrogen and oxygen atoms in total. The first-order valence-electron chi connectivity index (χ1n) is 8.91. The third-order valence-electron chi connectivity index (χ3n) is 5.21. The maximum atomic E-state index is 12.9. The minimum Gasteiger partial charge on any atom is -0.467 e. The molecule has 0 aromatic heterocycles. The van der Waals surface area contributed by atoms with E-state index in [0.717, 1.165) is 22.3 Å². The van der Waals surface area contributed by atoms with Gasteiger partial charge in [-0.25, -0.2) is 9.86 Å². The SMILES string of the molecule is C=Cc1cc(C)cc(C)c1CC(=O)N(O)C1(C(=O)OC)CCN(OC)CC1. The van der Waals surface area contributed by atoms with Crippen molar-refractivity contribution in [3.63, 3.8) is 0 Å². The molecule has 1 N–H and O–H groups in total. The Labute approximate surface area is 160 Å². The normalized spacial score (nSPS) is 16.6. The molecule has 1 aliphatic heterocycles. The number of ether oxygens (including phenoxy) is 1. The molecule has 2 rings (SSSR count). The molecule has 1 aromatic carbocycles. The smallest absolute Gasteiger partial charge is 0.334 e. The average molecular weight is 376 g/mol. The predicted octanol–water partition coefficient (Wildman–Crippen LogP) is 2.28. The number of piperidine rings is 1. The zero-order chi connectivity index (χ0) is 20.2. The zero-order valence-electron chi connectivity index (χ0n) is 16.4. The molecule has 0 radical (unpaired) electrons. The van der Waals surface area contributed by atoms with Crippen LogP contribution in [0.25, 0.3) is 6.08 Å². The molecule has 0 atom stereocenters. The third-order valence-corrected chi connectivity index (χ3v) is 5.21. The van der Waals surface area contributed by atoms with E-state index >= 15 is 0 Å². The van der Waals surface area contributed by atoms with Crippen LogP contribution in [-0.2, 0) is 25.6 Å². The molecule has 148 valence electrons. The van der Waals surface area contributed by atoms with Gasteiger partial charge in [0.1, 0.15) is 0 Å². The second kappa shape index (κ2) is 8.65. The summed E-state index contributed by atoms with van der Waals surface area (Å²) < 4.78 is 4.90. The first-order valence-corrected chi connectivity index (χ1v) is 8.91. The van der Waals surface area contributed by atoms with Crippen LogP contribution in [0.5, 0.6) is 0 Å². The molecule has 1 heterocycles. The Bertz CT molecular complexity index is 723. The topological polar surface area (TPSA) is 79.3 Å². The average Bonchev–Trinajstić information content (AvgIpc) is 2.68. The Hall–Kier alpha value is -2.22. The van der Waals surface area contributed by atoms with Gasteiger partial charge in [-0.2, -0.15) is 5.06 Å². The molecule has 27 heavy (non-hydrogen) atoms. The number of hydroxylamine groups is 4. The number of hydrogen-bond donors (Lipinski definition) is 1. The van der Waals surface area contributed by atoms with Gasteiger partial charge in [0.2, 0.25) is 0 Å². The molecule has 1 saturated heterocycles. The molecule has 1 aromatic rings. The second-order valence-electron chi connectivity index (χ2n) is 6.87. The Balaban J connectivity index is 2.29. The number of rotatable bonds is 6. The molecule has 7 heteroatoms. The van der Waals surface area contributed by atoms with Gasteiger partial charge in [0.25, 0.3) is 5.91 Å². The number of nitrogens with zero attached hydrogens (tertiary/aromatic N) is 2. The van der Waals surface area contributed by atoms with Crippen LogP contribution in [0.1, 0.15) is 35.1 Å². The summed E-state index contributed by atoms with van der Waals surface area (Å²) in [6, 6.07) is 3.92. The van der Waals surface area contributed by atoms with Gasteiger partial charge in [-0.15, -0.1) is 0 Å². The highest BCUT2D eigenvalue weighted by molar-refractivity contribution is 5.88. The van der Waals surface area contributed by atoms with Crippen molar-refractivity contribution in [1.82, 2.24) is 10.1 Å². The number of benzene rings is 1. The van der Waals surface area contributed by atoms with E-state index in [9.17, 15) is 14.8 Å². The number of methoxy groups -OCH3 is 1. The number of carbonyl (C=O) groups excluding carboxylic acids is 2. The van der Waals surface area contributed by atoms with Crippen molar-refractivity contribution in [3.8, 4) is 0 Å². The largest absolute Gasteiger partial charge is 0.467 e. The lowest BCUT2D eigenvalue weighted by Gasteiger charge is -2.42. The molecule has 0 spiro atoms. The lowest BCUT2D eigenvalue weighted by atomic mass is 9.86. The van der Waals surface area contributed by atoms with E-state index in [1.165, 1.54) is 7.11 Å². The van der Waals surface area contributed by atoms with E-state index in [1.54, 1.807) is 18.2 Å². The first-order chi connectivity index (χ1) is 12.8. The molecule has 0 saturated carbocycles. The Morgan fingerprint density at radius 3 is 2.44 bits per heavy atom. The lowest BCUT2D eigenvalue weighted by Crippen LogP contribution is -2.61. The number of hydrogen-bond acceptors (Lipinski definition) is 6. The molecule has 0 unspecified atom stereocenters. The minimum absolute atomic E-state index is 0.0310. The van der Waals surface area contributed by atoms with E-state index in [1.807, 2.05) is 26.0 Å². The van der Waals surface area contributed by atoms with E-state index < -0.39 is 17.4 Å². The summed E-state index contributed by atoms with van der Waals surface area (Å²) in [5.41, 5.74) is 2.23. The van der Waals surface area contributed by atoms with Gasteiger partial charge < -0.3 is 9.57 Å². The molecule has 0 aliphatic carbocycles. The van der Waals surface area contributed by atoms with Crippen molar-refractivity contribution in [2.45, 2.75) is 38.6 Å². The minimum atomic E-state index is -1.41. The number of esters is 1. The summed E-state index contributed by atoms with van der Waals surface area (Å²) in [5.74, 6) is -1.18. The monoisotopic (exact) mass is 376 g/mol. The van der Waals surface area contributed by atoms with Crippen molar-refractivity contribution in [2.75, 3.05) is 27.3 Å². The lowest BCUT2D eigenvalue weighted by molar-refractivity contribution is -0.228. The van der Waals surface area contributed by atoms with Crippen LogP contribution < -0.4 is 0 Å². The van der Waals surface area contributed by atoms with Gasteiger partial charge in [0, 0.05) is 13.1 Å². The maximum Gasteiger partial charge on any atom is 0.334 e. The summed E-state index contributed by atoms with van der Waals surface area (Å²) in [6.45, 7) is 8.49. The Morgan fingerprint density at radius 2 is 1.93 bits per heavy atom. The third kappa shape index (κ3) is 4.21. The van der Waals surface area contributed by atoms with Crippen molar-refractivity contribution >= 4 is 18.0 Å². The molecule has 1 fully saturated rings. The highest BCUT2D eigenvalue weighted by atomic mass is 16.7. The fourth-order valence-corrected chi connectivity index (χ4v) is 3.65. The summed E-state index contributed by atoms with van der Waals surface area (Å²) in [7, 11) is 2.80. The maximum absolute atomic E-state index is 12.9. The fraction of sp³-hybridized carbons (Fsp3) is 0.500. The predicted molar refractivity (Wildman–Crippen MR) is 101 cm³/mol. The van der Waals surface area contributed by atoms with Gasteiger partial charge in [0.15, 0.2) is 5.54 Å². The van der Waals surface area contributed by atoms with Crippen LogP contribution in [0.4, 0.5) is 0 Å². The van der Waals surface area contributed by atoms with Crippen LogP contribution in [0.15, 0.2) is 18.7 Å². The van der Waals surface area contributed by atoms with Crippen molar-refractivity contribution < 1.29 is 24.4 Å². The molecule has 0 bridgehead atoms. The summed E-state index contributed by atoms with van der Waals surface area (Å²) in [4.78, 5) is 30.5. The van der Waals surface area contributed by atoms with Crippen LogP contribution in [0.2, 0.25) is 0 Å². The quantitative estimate of drug-likeness (QED) is 0.466. The van der Waals surface area contributed by atoms with Gasteiger partial charge in [-0.05, 0) is 43.4 Å². The Kier molecular flexibility index (Phi) is 6.75. The highest BCUT2D eigenvalue weighted by Crippen LogP contribution is 2.31. The van der Waals surface area contributed by atoms with Crippen molar-refractivity contribution in [3.05, 3.63) is 41.0 Å². The summed E-state index contributed by atoms with van der Waals surface area (Å²) >= 11 is 0. The number of aryl methyl sites for hydroxylation is 2. The van der Waals surface area contributed by atoms with E-state index in [4.69, 9.17) is 9.57 Å². The number of carbonyl (C=O) groups is 2. The molecule has 1 aliphatic rings. The van der Waals surface area contributed by atoms with Crippen LogP contribution >= 0.6 is 0 Å². The highest BCUT2D eigenvalue weighted by Gasteiger charge is 2.49. The van der Waals surface area contributed by atoms with Gasteiger partial charge in [-0.1, -0.05) is 30.4 Å². The molecular formula is C20H28N2O5. The molecular weight excluding hydrogens is 348 g/mol. The fourth-order valence-electron chi connectivity index (χ4n) is 3.65. The first kappa shape index (κ1) is 21.1. The van der Waals surface area contributed by atoms with Gasteiger partial charge in [0.05, 0.1) is 20.6 Å². The van der Waals surface area contributed by atoms with Crippen LogP contribution in [0, 0.1) is 13.8 Å². The van der Waals surface area contributed by atoms with E-state index in [-0.39, 0.29) is 19.3 Å². The standard InChI is InChI=1S/C20H28N2O5/c1-6-16-12-14(2)11-15(3)17(16)13-18(23)22(25)20(19(24)26-4)7-9-21(27-5)10-8-20/h6,11-12,25H,1,7-10,13H2,2-5H3. The van der Waals surface area contributed by atoms with Crippen molar-refractivity contribution in [2.24, 2.45) is 0 Å². The summed E-state index contributed by atoms with van der Waals surface area (Å²) in [6.07, 6.45) is 2.10. The van der Waals surface area contributed by atoms with E-state index in [2.05, 4.69) is 6.58 Å².